The van der Waals surface area contributed by atoms with Crippen LogP contribution in [0, 0.1) is 0 Å². The van der Waals surface area contributed by atoms with Crippen molar-refractivity contribution in [1.29, 1.82) is 0 Å². The first-order chi connectivity index (χ1) is 21.7. The first-order valence-corrected chi connectivity index (χ1v) is 15.3. The number of ether oxygens (including phenoxy) is 5. The van der Waals surface area contributed by atoms with Crippen LogP contribution >= 0.6 is 11.6 Å². The molecule has 0 bridgehead atoms. The molecule has 0 fully saturated rings. The molecule has 0 atom stereocenters. The van der Waals surface area contributed by atoms with Crippen molar-refractivity contribution in [3.05, 3.63) is 101 Å². The molecule has 0 aromatic heterocycles. The molecule has 0 spiro atoms. The van der Waals surface area contributed by atoms with Gasteiger partial charge in [-0.3, -0.25) is 9.10 Å². The lowest BCUT2D eigenvalue weighted by Gasteiger charge is -2.26. The molecule has 1 amide bonds. The highest BCUT2D eigenvalue weighted by molar-refractivity contribution is 7.92. The molecule has 4 aromatic rings. The van der Waals surface area contributed by atoms with Gasteiger partial charge in [-0.15, -0.1) is 0 Å². The van der Waals surface area contributed by atoms with Gasteiger partial charge in [-0.05, 0) is 71.8 Å². The van der Waals surface area contributed by atoms with Crippen molar-refractivity contribution in [3.63, 3.8) is 0 Å². The minimum Gasteiger partial charge on any atom is -0.497 e. The summed E-state index contributed by atoms with van der Waals surface area (Å²) in [6.07, 6.45) is 1.43. The molecule has 4 aromatic carbocycles. The molecule has 13 heteroatoms. The highest BCUT2D eigenvalue weighted by Gasteiger charge is 2.31. The maximum atomic E-state index is 14.0. The molecular weight excluding hydrogens is 622 g/mol. The van der Waals surface area contributed by atoms with Crippen LogP contribution in [-0.4, -0.2) is 55.5 Å². The predicted octanol–water partition coefficient (Wildman–Crippen LogP) is 5.30. The fraction of sp³-hybridized carbons (Fsp3) is 0.188. The fourth-order valence-corrected chi connectivity index (χ4v) is 5.70. The Balaban J connectivity index is 1.52. The Labute approximate surface area is 266 Å². The van der Waals surface area contributed by atoms with E-state index in [1.54, 1.807) is 48.5 Å². The quantitative estimate of drug-likeness (QED) is 0.144. The second-order valence-corrected chi connectivity index (χ2v) is 11.6. The number of carbonyl (C=O) groups excluding carboxylic acids is 1. The van der Waals surface area contributed by atoms with Crippen LogP contribution in [0.5, 0.6) is 28.7 Å². The summed E-state index contributed by atoms with van der Waals surface area (Å²) in [5.41, 5.74) is 4.13. The Hall–Kier alpha value is -4.94. The second-order valence-electron chi connectivity index (χ2n) is 9.34. The number of hydrogen-bond acceptors (Lipinski definition) is 9. The topological polar surface area (TPSA) is 125 Å². The third kappa shape index (κ3) is 8.37. The molecule has 11 nitrogen and oxygen atoms in total. The number of rotatable bonds is 14. The van der Waals surface area contributed by atoms with E-state index >= 15 is 0 Å². The summed E-state index contributed by atoms with van der Waals surface area (Å²) in [5, 5.41) is 4.66. The van der Waals surface area contributed by atoms with Crippen LogP contribution in [0.15, 0.2) is 94.9 Å². The van der Waals surface area contributed by atoms with Gasteiger partial charge < -0.3 is 23.7 Å². The smallest absolute Gasteiger partial charge is 0.265 e. The lowest BCUT2D eigenvalue weighted by atomic mass is 10.2. The van der Waals surface area contributed by atoms with Crippen molar-refractivity contribution < 1.29 is 36.9 Å². The molecule has 0 aliphatic heterocycles. The maximum absolute atomic E-state index is 14.0. The molecule has 0 heterocycles. The zero-order valence-electron chi connectivity index (χ0n) is 25.0. The number of amides is 1. The number of sulfonamides is 1. The van der Waals surface area contributed by atoms with Gasteiger partial charge in [0.15, 0.2) is 11.5 Å². The fourth-order valence-electron chi connectivity index (χ4n) is 4.14. The second kappa shape index (κ2) is 15.2. The van der Waals surface area contributed by atoms with E-state index in [0.717, 1.165) is 9.87 Å². The molecule has 0 unspecified atom stereocenters. The van der Waals surface area contributed by atoms with E-state index in [9.17, 15) is 13.2 Å². The van der Waals surface area contributed by atoms with Crippen molar-refractivity contribution in [2.24, 2.45) is 5.10 Å². The van der Waals surface area contributed by atoms with Crippen LogP contribution < -0.4 is 33.4 Å². The largest absolute Gasteiger partial charge is 0.497 e. The molecule has 0 saturated carbocycles. The Morgan fingerprint density at radius 3 is 2.09 bits per heavy atom. The molecule has 0 saturated heterocycles. The Morgan fingerprint density at radius 1 is 0.800 bits per heavy atom. The lowest BCUT2D eigenvalue weighted by Crippen LogP contribution is -2.39. The number of methoxy groups -OCH3 is 4. The van der Waals surface area contributed by atoms with Gasteiger partial charge in [0.1, 0.15) is 30.4 Å². The minimum absolute atomic E-state index is 0.0833. The summed E-state index contributed by atoms with van der Waals surface area (Å²) in [7, 11) is 1.32. The molecule has 45 heavy (non-hydrogen) atoms. The lowest BCUT2D eigenvalue weighted by molar-refractivity contribution is -0.119. The summed E-state index contributed by atoms with van der Waals surface area (Å²) in [5.74, 6) is 1.05. The van der Waals surface area contributed by atoms with Gasteiger partial charge in [-0.2, -0.15) is 5.10 Å². The van der Waals surface area contributed by atoms with E-state index in [4.69, 9.17) is 35.3 Å². The zero-order chi connectivity index (χ0) is 32.4. The standard InChI is InChI=1S/C32H32ClN3O8S/c1-40-26-13-15-29(41-2)28(17-26)36(45(38,39)27-14-16-30(42-3)31(18-27)43-4)20-32(37)35-34-19-22-7-11-25(12-8-22)44-21-23-5-9-24(33)10-6-23/h5-19H,20-21H2,1-4H3,(H,35,37)/b34-19-. The Bertz CT molecular complexity index is 1750. The number of hydrogen-bond donors (Lipinski definition) is 1. The molecule has 4 rings (SSSR count). The highest BCUT2D eigenvalue weighted by Crippen LogP contribution is 2.37. The average Bonchev–Trinajstić information content (AvgIpc) is 3.06. The summed E-state index contributed by atoms with van der Waals surface area (Å²) >= 11 is 5.92. The van der Waals surface area contributed by atoms with Crippen LogP contribution in [0.4, 0.5) is 5.69 Å². The van der Waals surface area contributed by atoms with Crippen molar-refractivity contribution in [1.82, 2.24) is 5.43 Å². The van der Waals surface area contributed by atoms with Crippen molar-refractivity contribution in [2.75, 3.05) is 39.3 Å². The van der Waals surface area contributed by atoms with Crippen LogP contribution in [0.25, 0.3) is 0 Å². The number of hydrazone groups is 1. The van der Waals surface area contributed by atoms with E-state index in [-0.39, 0.29) is 22.1 Å². The number of benzene rings is 4. The summed E-state index contributed by atoms with van der Waals surface area (Å²) in [4.78, 5) is 13.0. The first-order valence-electron chi connectivity index (χ1n) is 13.4. The third-order valence-corrected chi connectivity index (χ3v) is 8.49. The van der Waals surface area contributed by atoms with E-state index < -0.39 is 22.5 Å². The summed E-state index contributed by atoms with van der Waals surface area (Å²) in [6, 6.07) is 23.2. The molecule has 236 valence electrons. The number of nitrogens with zero attached hydrogens (tertiary/aromatic N) is 2. The number of halogens is 1. The van der Waals surface area contributed by atoms with Crippen LogP contribution in [0.1, 0.15) is 11.1 Å². The van der Waals surface area contributed by atoms with Gasteiger partial charge in [0.2, 0.25) is 0 Å². The van der Waals surface area contributed by atoms with E-state index in [2.05, 4.69) is 10.5 Å². The van der Waals surface area contributed by atoms with Gasteiger partial charge in [0.25, 0.3) is 15.9 Å². The third-order valence-electron chi connectivity index (χ3n) is 6.49. The SMILES string of the molecule is COc1ccc(OC)c(N(CC(=O)N/N=C\c2ccc(OCc3ccc(Cl)cc3)cc2)S(=O)(=O)c2ccc(OC)c(OC)c2)c1. The maximum Gasteiger partial charge on any atom is 0.265 e. The van der Waals surface area contributed by atoms with Crippen molar-refractivity contribution in [3.8, 4) is 28.7 Å². The minimum atomic E-state index is -4.35. The van der Waals surface area contributed by atoms with Crippen LogP contribution in [-0.2, 0) is 21.4 Å². The number of nitrogens with one attached hydrogen (secondary N) is 1. The van der Waals surface area contributed by atoms with Crippen molar-refractivity contribution >= 4 is 39.4 Å². The van der Waals surface area contributed by atoms with Gasteiger partial charge >= 0.3 is 0 Å². The van der Waals surface area contributed by atoms with E-state index in [1.165, 1.54) is 58.9 Å². The number of carbonyl (C=O) groups is 1. The van der Waals surface area contributed by atoms with Gasteiger partial charge in [0.05, 0.1) is 45.2 Å². The van der Waals surface area contributed by atoms with E-state index in [0.29, 0.717) is 34.4 Å². The predicted molar refractivity (Wildman–Crippen MR) is 172 cm³/mol. The molecule has 1 N–H and O–H groups in total. The van der Waals surface area contributed by atoms with E-state index in [1.807, 2.05) is 12.1 Å². The van der Waals surface area contributed by atoms with Gasteiger partial charge in [-0.25, -0.2) is 13.8 Å². The van der Waals surface area contributed by atoms with Crippen LogP contribution in [0.2, 0.25) is 5.02 Å². The Kier molecular flexibility index (Phi) is 11.1. The zero-order valence-corrected chi connectivity index (χ0v) is 26.6. The normalized spacial score (nSPS) is 11.1. The first kappa shape index (κ1) is 33.0. The molecule has 0 aliphatic carbocycles. The highest BCUT2D eigenvalue weighted by atomic mass is 35.5. The van der Waals surface area contributed by atoms with Crippen LogP contribution in [0.3, 0.4) is 0 Å². The summed E-state index contributed by atoms with van der Waals surface area (Å²) in [6.45, 7) is -0.253. The van der Waals surface area contributed by atoms with Gasteiger partial charge in [-0.1, -0.05) is 23.7 Å². The Morgan fingerprint density at radius 2 is 1.44 bits per heavy atom. The average molecular weight is 654 g/mol. The molecule has 0 radical (unpaired) electrons. The molecular formula is C32H32ClN3O8S. The number of anilines is 1. The molecule has 0 aliphatic rings. The monoisotopic (exact) mass is 653 g/mol. The summed E-state index contributed by atoms with van der Waals surface area (Å²) < 4.78 is 56.0. The van der Waals surface area contributed by atoms with Crippen molar-refractivity contribution in [2.45, 2.75) is 11.5 Å². The van der Waals surface area contributed by atoms with Gasteiger partial charge in [0, 0.05) is 17.2 Å².